The lowest BCUT2D eigenvalue weighted by Crippen LogP contribution is -2.24. The Bertz CT molecular complexity index is 1010. The summed E-state index contributed by atoms with van der Waals surface area (Å²) in [6.45, 7) is 4.91. The molecule has 2 aromatic rings. The van der Waals surface area contributed by atoms with Gasteiger partial charge in [-0.2, -0.15) is 0 Å². The van der Waals surface area contributed by atoms with Gasteiger partial charge in [-0.25, -0.2) is 0 Å². The zero-order valence-corrected chi connectivity index (χ0v) is 17.0. The first-order chi connectivity index (χ1) is 14.1. The zero-order valence-electron chi connectivity index (χ0n) is 17.0. The average Bonchev–Trinajstić information content (AvgIpc) is 3.32. The first kappa shape index (κ1) is 18.0. The quantitative estimate of drug-likeness (QED) is 0.707. The normalized spacial score (nSPS) is 20.0. The molecule has 3 aliphatic rings. The van der Waals surface area contributed by atoms with Crippen LogP contribution in [0.5, 0.6) is 34.5 Å². The van der Waals surface area contributed by atoms with Crippen LogP contribution in [0, 0.1) is 0 Å². The Morgan fingerprint density at radius 2 is 1.72 bits per heavy atom. The minimum Gasteiger partial charge on any atom is -0.492 e. The highest BCUT2D eigenvalue weighted by Crippen LogP contribution is 2.57. The van der Waals surface area contributed by atoms with Crippen molar-refractivity contribution >= 4 is 0 Å². The fraction of sp³-hybridized carbons (Fsp3) is 0.391. The summed E-state index contributed by atoms with van der Waals surface area (Å²) in [6, 6.07) is 6.06. The molecule has 3 aliphatic heterocycles. The lowest BCUT2D eigenvalue weighted by molar-refractivity contribution is 0.134. The van der Waals surface area contributed by atoms with Gasteiger partial charge in [-0.05, 0) is 32.4 Å². The maximum atomic E-state index is 6.39. The van der Waals surface area contributed by atoms with Crippen molar-refractivity contribution in [2.45, 2.75) is 32.3 Å². The summed E-state index contributed by atoms with van der Waals surface area (Å²) in [5, 5.41) is 0. The fourth-order valence-corrected chi connectivity index (χ4v) is 4.28. The van der Waals surface area contributed by atoms with Crippen LogP contribution in [0.15, 0.2) is 29.8 Å². The molecular weight excluding hydrogens is 372 g/mol. The van der Waals surface area contributed by atoms with E-state index in [4.69, 9.17) is 28.4 Å². The molecule has 2 atom stereocenters. The topological polar surface area (TPSA) is 55.4 Å². The summed E-state index contributed by atoms with van der Waals surface area (Å²) in [4.78, 5) is 0. The lowest BCUT2D eigenvalue weighted by atomic mass is 9.87. The third-order valence-corrected chi connectivity index (χ3v) is 5.67. The molecule has 6 heteroatoms. The van der Waals surface area contributed by atoms with Crippen LogP contribution in [-0.4, -0.2) is 27.6 Å². The number of rotatable bonds is 4. The largest absolute Gasteiger partial charge is 0.492 e. The third kappa shape index (κ3) is 2.77. The molecule has 6 nitrogen and oxygen atoms in total. The number of fused-ring (bicyclic) bond motifs is 6. The molecule has 0 amide bonds. The second-order valence-electron chi connectivity index (χ2n) is 7.71. The first-order valence-electron chi connectivity index (χ1n) is 9.74. The highest BCUT2D eigenvalue weighted by Gasteiger charge is 2.44. The second kappa shape index (κ2) is 6.79. The van der Waals surface area contributed by atoms with Crippen molar-refractivity contribution in [3.8, 4) is 34.5 Å². The molecule has 0 aliphatic carbocycles. The molecule has 0 unspecified atom stereocenters. The van der Waals surface area contributed by atoms with Crippen LogP contribution in [0.4, 0.5) is 0 Å². The number of benzene rings is 2. The van der Waals surface area contributed by atoms with Gasteiger partial charge in [0.05, 0.1) is 26.7 Å². The Hall–Kier alpha value is -3.02. The van der Waals surface area contributed by atoms with Gasteiger partial charge in [-0.15, -0.1) is 0 Å². The zero-order chi connectivity index (χ0) is 20.1. The van der Waals surface area contributed by atoms with Crippen molar-refractivity contribution in [1.29, 1.82) is 0 Å². The molecular formula is C23H24O6. The van der Waals surface area contributed by atoms with Gasteiger partial charge in [-0.1, -0.05) is 11.6 Å². The highest BCUT2D eigenvalue weighted by atomic mass is 16.7. The number of hydrogen-bond acceptors (Lipinski definition) is 6. The molecule has 0 bridgehead atoms. The molecule has 0 radical (unpaired) electrons. The maximum absolute atomic E-state index is 6.39. The van der Waals surface area contributed by atoms with Crippen LogP contribution < -0.4 is 28.4 Å². The second-order valence-corrected chi connectivity index (χ2v) is 7.71. The van der Waals surface area contributed by atoms with Gasteiger partial charge in [0, 0.05) is 22.8 Å². The van der Waals surface area contributed by atoms with E-state index in [0.29, 0.717) is 23.9 Å². The van der Waals surface area contributed by atoms with Crippen molar-refractivity contribution in [3.05, 3.63) is 46.5 Å². The van der Waals surface area contributed by atoms with Crippen LogP contribution in [-0.2, 0) is 6.42 Å². The molecule has 3 heterocycles. The minimum atomic E-state index is -0.151. The van der Waals surface area contributed by atoms with Crippen LogP contribution in [0.3, 0.4) is 0 Å². The molecule has 0 saturated carbocycles. The van der Waals surface area contributed by atoms with Gasteiger partial charge in [0.1, 0.15) is 11.9 Å². The Labute approximate surface area is 169 Å². The van der Waals surface area contributed by atoms with Gasteiger partial charge in [0.2, 0.25) is 12.5 Å². The number of hydrogen-bond donors (Lipinski definition) is 0. The van der Waals surface area contributed by atoms with E-state index in [1.54, 1.807) is 14.2 Å². The Morgan fingerprint density at radius 3 is 2.45 bits per heavy atom. The summed E-state index contributed by atoms with van der Waals surface area (Å²) in [7, 11) is 3.30. The van der Waals surface area contributed by atoms with Crippen LogP contribution >= 0.6 is 0 Å². The van der Waals surface area contributed by atoms with Crippen LogP contribution in [0.2, 0.25) is 0 Å². The fourth-order valence-electron chi connectivity index (χ4n) is 4.28. The van der Waals surface area contributed by atoms with E-state index < -0.39 is 0 Å². The molecule has 0 N–H and O–H groups in total. The summed E-state index contributed by atoms with van der Waals surface area (Å²) in [6.07, 6.45) is 2.77. The van der Waals surface area contributed by atoms with E-state index in [9.17, 15) is 0 Å². The molecule has 5 rings (SSSR count). The van der Waals surface area contributed by atoms with Crippen molar-refractivity contribution in [2.75, 3.05) is 27.6 Å². The number of ether oxygens (including phenoxy) is 6. The predicted octanol–water partition coefficient (Wildman–Crippen LogP) is 4.55. The third-order valence-electron chi connectivity index (χ3n) is 5.67. The smallest absolute Gasteiger partial charge is 0.231 e. The predicted molar refractivity (Wildman–Crippen MR) is 107 cm³/mol. The standard InChI is InChI=1S/C23H24O6/c1-12(2)5-6-13-7-15-21-16(10-26-22(15)23(25-4)20(13)24-3)14-8-18-19(28-11-27-18)9-17(14)29-21/h5,7-9,16,21H,6,10-11H2,1-4H3/t16-,21+/m1/s1. The van der Waals surface area contributed by atoms with E-state index in [1.807, 2.05) is 12.1 Å². The van der Waals surface area contributed by atoms with Gasteiger partial charge in [0.25, 0.3) is 0 Å². The average molecular weight is 396 g/mol. The lowest BCUT2D eigenvalue weighted by Gasteiger charge is -2.30. The molecule has 0 saturated heterocycles. The summed E-state index contributed by atoms with van der Waals surface area (Å²) < 4.78 is 35.0. The number of methoxy groups -OCH3 is 2. The molecule has 0 aromatic heterocycles. The van der Waals surface area contributed by atoms with E-state index in [2.05, 4.69) is 26.0 Å². The highest BCUT2D eigenvalue weighted by molar-refractivity contribution is 5.64. The summed E-state index contributed by atoms with van der Waals surface area (Å²) >= 11 is 0. The molecule has 29 heavy (non-hydrogen) atoms. The summed E-state index contributed by atoms with van der Waals surface area (Å²) in [5.74, 6) is 4.41. The van der Waals surface area contributed by atoms with Gasteiger partial charge in [-0.3, -0.25) is 0 Å². The number of allylic oxidation sites excluding steroid dienone is 2. The Balaban J connectivity index is 1.60. The summed E-state index contributed by atoms with van der Waals surface area (Å²) in [5.41, 5.74) is 4.36. The maximum Gasteiger partial charge on any atom is 0.231 e. The van der Waals surface area contributed by atoms with Crippen molar-refractivity contribution < 1.29 is 28.4 Å². The monoisotopic (exact) mass is 396 g/mol. The SMILES string of the molecule is COc1c(CC=C(C)C)cc2c(c1OC)OC[C@@H]1c3cc4c(cc3O[C@@H]21)OCO4. The van der Waals surface area contributed by atoms with Crippen LogP contribution in [0.25, 0.3) is 0 Å². The van der Waals surface area contributed by atoms with Crippen molar-refractivity contribution in [3.63, 3.8) is 0 Å². The van der Waals surface area contributed by atoms with Gasteiger partial charge in [0.15, 0.2) is 23.0 Å². The first-order valence-corrected chi connectivity index (χ1v) is 9.74. The van der Waals surface area contributed by atoms with E-state index in [1.165, 1.54) is 5.57 Å². The Morgan fingerprint density at radius 1 is 0.966 bits per heavy atom. The minimum absolute atomic E-state index is 0.0846. The molecule has 0 spiro atoms. The van der Waals surface area contributed by atoms with E-state index >= 15 is 0 Å². The van der Waals surface area contributed by atoms with E-state index in [-0.39, 0.29) is 18.8 Å². The van der Waals surface area contributed by atoms with Crippen LogP contribution in [0.1, 0.15) is 42.6 Å². The van der Waals surface area contributed by atoms with Gasteiger partial charge < -0.3 is 28.4 Å². The molecule has 0 fully saturated rings. The van der Waals surface area contributed by atoms with Gasteiger partial charge >= 0.3 is 0 Å². The van der Waals surface area contributed by atoms with E-state index in [0.717, 1.165) is 40.4 Å². The Kier molecular flexibility index (Phi) is 4.23. The van der Waals surface area contributed by atoms with Crippen molar-refractivity contribution in [1.82, 2.24) is 0 Å². The van der Waals surface area contributed by atoms with Crippen molar-refractivity contribution in [2.24, 2.45) is 0 Å². The molecule has 2 aromatic carbocycles. The molecule has 152 valence electrons.